The van der Waals surface area contributed by atoms with Crippen LogP contribution in [0.25, 0.3) is 0 Å². The minimum atomic E-state index is 0.419. The first kappa shape index (κ1) is 15.8. The van der Waals surface area contributed by atoms with Crippen molar-refractivity contribution in [1.82, 2.24) is 15.1 Å². The molecule has 0 bridgehead atoms. The number of hydrogen-bond acceptors (Lipinski definition) is 2. The molecule has 3 heteroatoms. The average Bonchev–Trinajstić information content (AvgIpc) is 2.91. The highest BCUT2D eigenvalue weighted by Gasteiger charge is 2.11. The van der Waals surface area contributed by atoms with Crippen LogP contribution in [0.5, 0.6) is 0 Å². The summed E-state index contributed by atoms with van der Waals surface area (Å²) in [5.41, 5.74) is 5.27. The third-order valence-corrected chi connectivity index (χ3v) is 4.11. The van der Waals surface area contributed by atoms with Crippen LogP contribution < -0.4 is 5.32 Å². The van der Waals surface area contributed by atoms with Crippen molar-refractivity contribution in [3.05, 3.63) is 52.8 Å². The van der Waals surface area contributed by atoms with Gasteiger partial charge in [-0.2, -0.15) is 5.10 Å². The summed E-state index contributed by atoms with van der Waals surface area (Å²) in [6, 6.07) is 9.72. The Bertz CT molecular complexity index is 584. The lowest BCUT2D eigenvalue weighted by atomic mass is 9.98. The van der Waals surface area contributed by atoms with Gasteiger partial charge in [0.25, 0.3) is 0 Å². The van der Waals surface area contributed by atoms with Gasteiger partial charge in [0.05, 0.1) is 5.69 Å². The number of aromatic nitrogens is 2. The van der Waals surface area contributed by atoms with E-state index in [0.717, 1.165) is 18.5 Å². The fraction of sp³-hybridized carbons (Fsp3) is 0.500. The second-order valence-electron chi connectivity index (χ2n) is 6.19. The quantitative estimate of drug-likeness (QED) is 0.881. The van der Waals surface area contributed by atoms with E-state index in [1.807, 2.05) is 11.7 Å². The number of benzene rings is 1. The third-order valence-electron chi connectivity index (χ3n) is 4.11. The van der Waals surface area contributed by atoms with E-state index in [0.29, 0.717) is 12.1 Å². The summed E-state index contributed by atoms with van der Waals surface area (Å²) >= 11 is 0. The van der Waals surface area contributed by atoms with Gasteiger partial charge >= 0.3 is 0 Å². The van der Waals surface area contributed by atoms with E-state index in [1.165, 1.54) is 16.7 Å². The van der Waals surface area contributed by atoms with Gasteiger partial charge in [-0.3, -0.25) is 4.68 Å². The molecule has 0 aliphatic carbocycles. The summed E-state index contributed by atoms with van der Waals surface area (Å²) in [5, 5.41) is 8.07. The first-order valence-electron chi connectivity index (χ1n) is 7.77. The molecule has 0 spiro atoms. The zero-order chi connectivity index (χ0) is 15.4. The lowest BCUT2D eigenvalue weighted by molar-refractivity contribution is 0.508. The Morgan fingerprint density at radius 3 is 2.43 bits per heavy atom. The van der Waals surface area contributed by atoms with Crippen molar-refractivity contribution in [1.29, 1.82) is 0 Å². The molecule has 0 aliphatic heterocycles. The average molecular weight is 285 g/mol. The van der Waals surface area contributed by atoms with Gasteiger partial charge in [0.2, 0.25) is 0 Å². The Hall–Kier alpha value is -1.61. The number of nitrogens with one attached hydrogen (secondary N) is 1. The van der Waals surface area contributed by atoms with Crippen molar-refractivity contribution >= 4 is 0 Å². The zero-order valence-corrected chi connectivity index (χ0v) is 13.9. The Morgan fingerprint density at radius 1 is 1.10 bits per heavy atom. The highest BCUT2D eigenvalue weighted by Crippen LogP contribution is 2.13. The molecule has 0 amide bonds. The molecule has 0 fully saturated rings. The molecule has 1 N–H and O–H groups in total. The lowest BCUT2D eigenvalue weighted by Crippen LogP contribution is -2.30. The van der Waals surface area contributed by atoms with E-state index in [2.05, 4.69) is 68.6 Å². The molecule has 1 aromatic heterocycles. The van der Waals surface area contributed by atoms with E-state index >= 15 is 0 Å². The summed E-state index contributed by atoms with van der Waals surface area (Å²) in [6.07, 6.45) is 4.07. The van der Waals surface area contributed by atoms with Gasteiger partial charge < -0.3 is 5.32 Å². The third kappa shape index (κ3) is 4.18. The van der Waals surface area contributed by atoms with E-state index in [4.69, 9.17) is 0 Å². The molecule has 0 saturated carbocycles. The molecule has 21 heavy (non-hydrogen) atoms. The maximum atomic E-state index is 4.65. The summed E-state index contributed by atoms with van der Waals surface area (Å²) in [5.74, 6) is 0. The van der Waals surface area contributed by atoms with E-state index in [9.17, 15) is 0 Å². The van der Waals surface area contributed by atoms with Crippen molar-refractivity contribution in [2.24, 2.45) is 0 Å². The molecule has 0 radical (unpaired) electrons. The highest BCUT2D eigenvalue weighted by molar-refractivity contribution is 5.30. The fourth-order valence-electron chi connectivity index (χ4n) is 2.52. The summed E-state index contributed by atoms with van der Waals surface area (Å²) in [4.78, 5) is 0. The van der Waals surface area contributed by atoms with Crippen LogP contribution >= 0.6 is 0 Å². The summed E-state index contributed by atoms with van der Waals surface area (Å²) < 4.78 is 2.03. The van der Waals surface area contributed by atoms with Gasteiger partial charge in [-0.05, 0) is 63.9 Å². The topological polar surface area (TPSA) is 29.9 Å². The highest BCUT2D eigenvalue weighted by atomic mass is 15.3. The summed E-state index contributed by atoms with van der Waals surface area (Å²) in [6.45, 7) is 8.65. The Morgan fingerprint density at radius 2 is 1.86 bits per heavy atom. The SMILES string of the molecule is CNC(Cc1ccc(C)c(C)c1)Cc1ccn(C(C)C)n1. The van der Waals surface area contributed by atoms with Crippen LogP contribution in [-0.2, 0) is 12.8 Å². The van der Waals surface area contributed by atoms with Crippen LogP contribution in [-0.4, -0.2) is 22.9 Å². The second kappa shape index (κ2) is 6.90. The van der Waals surface area contributed by atoms with Crippen molar-refractivity contribution in [2.75, 3.05) is 7.05 Å². The van der Waals surface area contributed by atoms with Crippen LogP contribution in [0.1, 0.15) is 42.3 Å². The number of hydrogen-bond donors (Lipinski definition) is 1. The molecule has 3 nitrogen and oxygen atoms in total. The van der Waals surface area contributed by atoms with Crippen LogP contribution in [0.4, 0.5) is 0 Å². The molecule has 1 unspecified atom stereocenters. The minimum Gasteiger partial charge on any atom is -0.316 e. The van der Waals surface area contributed by atoms with Crippen LogP contribution in [0.15, 0.2) is 30.5 Å². The molecular formula is C18H27N3. The van der Waals surface area contributed by atoms with E-state index in [1.54, 1.807) is 0 Å². The molecule has 2 rings (SSSR count). The number of aryl methyl sites for hydroxylation is 2. The van der Waals surface area contributed by atoms with Crippen molar-refractivity contribution < 1.29 is 0 Å². The fourth-order valence-corrected chi connectivity index (χ4v) is 2.52. The molecule has 0 aliphatic rings. The van der Waals surface area contributed by atoms with Gasteiger partial charge in [-0.25, -0.2) is 0 Å². The molecule has 1 aromatic carbocycles. The predicted molar refractivity (Wildman–Crippen MR) is 88.8 cm³/mol. The van der Waals surface area contributed by atoms with Crippen LogP contribution in [0.2, 0.25) is 0 Å². The first-order valence-corrected chi connectivity index (χ1v) is 7.77. The molecule has 2 aromatic rings. The molecule has 0 saturated heterocycles. The lowest BCUT2D eigenvalue weighted by Gasteiger charge is -2.16. The van der Waals surface area contributed by atoms with Crippen molar-refractivity contribution in [3.63, 3.8) is 0 Å². The van der Waals surface area contributed by atoms with Gasteiger partial charge in [0.1, 0.15) is 0 Å². The Labute approximate surface area is 128 Å². The van der Waals surface area contributed by atoms with Crippen LogP contribution in [0, 0.1) is 13.8 Å². The summed E-state index contributed by atoms with van der Waals surface area (Å²) in [7, 11) is 2.03. The van der Waals surface area contributed by atoms with Gasteiger partial charge in [-0.1, -0.05) is 18.2 Å². The predicted octanol–water partition coefficient (Wildman–Crippen LogP) is 3.45. The largest absolute Gasteiger partial charge is 0.316 e. The maximum Gasteiger partial charge on any atom is 0.0640 e. The van der Waals surface area contributed by atoms with Gasteiger partial charge in [-0.15, -0.1) is 0 Å². The first-order chi connectivity index (χ1) is 9.99. The zero-order valence-electron chi connectivity index (χ0n) is 13.9. The van der Waals surface area contributed by atoms with E-state index in [-0.39, 0.29) is 0 Å². The number of nitrogens with zero attached hydrogens (tertiary/aromatic N) is 2. The maximum absolute atomic E-state index is 4.65. The molecule has 114 valence electrons. The second-order valence-corrected chi connectivity index (χ2v) is 6.19. The minimum absolute atomic E-state index is 0.419. The normalized spacial score (nSPS) is 12.9. The molecule has 1 atom stereocenters. The number of likely N-dealkylation sites (N-methyl/N-ethyl adjacent to an activating group) is 1. The Balaban J connectivity index is 2.03. The Kier molecular flexibility index (Phi) is 5.18. The van der Waals surface area contributed by atoms with E-state index < -0.39 is 0 Å². The smallest absolute Gasteiger partial charge is 0.0640 e. The van der Waals surface area contributed by atoms with Gasteiger partial charge in [0.15, 0.2) is 0 Å². The standard InChI is InChI=1S/C18H27N3/c1-13(2)21-9-8-17(20-21)12-18(19-5)11-16-7-6-14(3)15(4)10-16/h6-10,13,18-19H,11-12H2,1-5H3. The number of rotatable bonds is 6. The molecular weight excluding hydrogens is 258 g/mol. The van der Waals surface area contributed by atoms with Crippen molar-refractivity contribution in [2.45, 2.75) is 52.6 Å². The van der Waals surface area contributed by atoms with Crippen LogP contribution in [0.3, 0.4) is 0 Å². The van der Waals surface area contributed by atoms with Gasteiger partial charge in [0, 0.05) is 24.7 Å². The molecule has 1 heterocycles. The monoisotopic (exact) mass is 285 g/mol. The van der Waals surface area contributed by atoms with Crippen molar-refractivity contribution in [3.8, 4) is 0 Å².